The van der Waals surface area contributed by atoms with Crippen molar-refractivity contribution in [1.82, 2.24) is 9.55 Å². The minimum Gasteiger partial charge on any atom is -0.487 e. The number of nitro groups is 1. The summed E-state index contributed by atoms with van der Waals surface area (Å²) in [6.45, 7) is 0.742. The van der Waals surface area contributed by atoms with Gasteiger partial charge in [0.15, 0.2) is 5.75 Å². The summed E-state index contributed by atoms with van der Waals surface area (Å²) in [6.07, 6.45) is 1.26. The van der Waals surface area contributed by atoms with Crippen molar-refractivity contribution < 1.29 is 9.66 Å². The van der Waals surface area contributed by atoms with E-state index in [1.165, 1.54) is 6.07 Å². The Kier molecular flexibility index (Phi) is 6.47. The SMILES string of the molecule is O=c1c2ccccc2nc(-c2ccc(Cl)cc2)n1CCCCOc1ccccc1[N+](=O)[O-]. The third-order valence-corrected chi connectivity index (χ3v) is 5.31. The predicted molar refractivity (Wildman–Crippen MR) is 124 cm³/mol. The number of halogens is 1. The second-order valence-corrected chi connectivity index (χ2v) is 7.63. The molecule has 0 aliphatic heterocycles. The second kappa shape index (κ2) is 9.62. The summed E-state index contributed by atoms with van der Waals surface area (Å²) < 4.78 is 7.27. The summed E-state index contributed by atoms with van der Waals surface area (Å²) in [4.78, 5) is 28.6. The average molecular weight is 450 g/mol. The molecule has 1 aromatic heterocycles. The van der Waals surface area contributed by atoms with Crippen LogP contribution in [0, 0.1) is 10.1 Å². The maximum Gasteiger partial charge on any atom is 0.310 e. The van der Waals surface area contributed by atoms with Gasteiger partial charge in [0, 0.05) is 23.2 Å². The fourth-order valence-corrected chi connectivity index (χ4v) is 3.60. The van der Waals surface area contributed by atoms with E-state index >= 15 is 0 Å². The van der Waals surface area contributed by atoms with Gasteiger partial charge in [0.1, 0.15) is 5.82 Å². The van der Waals surface area contributed by atoms with Gasteiger partial charge in [-0.05, 0) is 55.3 Å². The maximum absolute atomic E-state index is 13.2. The molecule has 0 aliphatic rings. The molecule has 4 aromatic rings. The van der Waals surface area contributed by atoms with Crippen molar-refractivity contribution in [3.63, 3.8) is 0 Å². The molecule has 3 aromatic carbocycles. The molecule has 0 fully saturated rings. The Morgan fingerprint density at radius 3 is 2.47 bits per heavy atom. The van der Waals surface area contributed by atoms with Gasteiger partial charge in [-0.1, -0.05) is 35.9 Å². The lowest BCUT2D eigenvalue weighted by molar-refractivity contribution is -0.385. The van der Waals surface area contributed by atoms with Gasteiger partial charge in [-0.2, -0.15) is 0 Å². The molecule has 0 radical (unpaired) electrons. The van der Waals surface area contributed by atoms with Crippen LogP contribution in [0.4, 0.5) is 5.69 Å². The number of fused-ring (bicyclic) bond motifs is 1. The summed E-state index contributed by atoms with van der Waals surface area (Å²) >= 11 is 6.02. The lowest BCUT2D eigenvalue weighted by Gasteiger charge is -2.14. The first-order valence-electron chi connectivity index (χ1n) is 10.2. The van der Waals surface area contributed by atoms with E-state index in [4.69, 9.17) is 21.3 Å². The Hall–Kier alpha value is -3.71. The summed E-state index contributed by atoms with van der Waals surface area (Å²) in [6, 6.07) is 20.8. The van der Waals surface area contributed by atoms with Crippen LogP contribution in [0.1, 0.15) is 12.8 Å². The molecule has 0 atom stereocenters. The van der Waals surface area contributed by atoms with Crippen LogP contribution < -0.4 is 10.3 Å². The van der Waals surface area contributed by atoms with Gasteiger partial charge in [0.25, 0.3) is 5.56 Å². The van der Waals surface area contributed by atoms with Gasteiger partial charge in [-0.25, -0.2) is 4.98 Å². The van der Waals surface area contributed by atoms with Gasteiger partial charge in [0.2, 0.25) is 0 Å². The van der Waals surface area contributed by atoms with Crippen LogP contribution in [0.2, 0.25) is 5.02 Å². The first-order valence-corrected chi connectivity index (χ1v) is 10.5. The van der Waals surface area contributed by atoms with Crippen molar-refractivity contribution in [2.45, 2.75) is 19.4 Å². The number of ether oxygens (including phenoxy) is 1. The van der Waals surface area contributed by atoms with E-state index < -0.39 is 4.92 Å². The van der Waals surface area contributed by atoms with E-state index in [0.29, 0.717) is 47.7 Å². The number of nitro benzene ring substituents is 1. The van der Waals surface area contributed by atoms with Crippen molar-refractivity contribution in [2.75, 3.05) is 6.61 Å². The van der Waals surface area contributed by atoms with E-state index in [1.807, 2.05) is 30.3 Å². The van der Waals surface area contributed by atoms with Crippen LogP contribution in [-0.4, -0.2) is 21.1 Å². The zero-order chi connectivity index (χ0) is 22.5. The average Bonchev–Trinajstić information content (AvgIpc) is 2.81. The Balaban J connectivity index is 1.53. The minimum absolute atomic E-state index is 0.0625. The zero-order valence-electron chi connectivity index (χ0n) is 17.1. The first-order chi connectivity index (χ1) is 15.5. The Labute approximate surface area is 189 Å². The van der Waals surface area contributed by atoms with Gasteiger partial charge >= 0.3 is 5.69 Å². The molecule has 1 heterocycles. The van der Waals surface area contributed by atoms with Gasteiger partial charge in [-0.3, -0.25) is 19.5 Å². The Bertz CT molecular complexity index is 1320. The molecular formula is C24H20ClN3O4. The largest absolute Gasteiger partial charge is 0.487 e. The zero-order valence-corrected chi connectivity index (χ0v) is 17.9. The number of nitrogens with zero attached hydrogens (tertiary/aromatic N) is 3. The molecule has 0 unspecified atom stereocenters. The normalized spacial score (nSPS) is 10.9. The number of unbranched alkanes of at least 4 members (excludes halogenated alkanes) is 1. The molecule has 0 saturated heterocycles. The summed E-state index contributed by atoms with van der Waals surface area (Å²) in [5.41, 5.74) is 1.26. The van der Waals surface area contributed by atoms with Crippen LogP contribution in [0.25, 0.3) is 22.3 Å². The minimum atomic E-state index is -0.464. The van der Waals surface area contributed by atoms with Crippen molar-refractivity contribution in [3.8, 4) is 17.1 Å². The molecule has 0 spiro atoms. The van der Waals surface area contributed by atoms with Crippen LogP contribution in [0.3, 0.4) is 0 Å². The van der Waals surface area contributed by atoms with Crippen molar-refractivity contribution in [1.29, 1.82) is 0 Å². The second-order valence-electron chi connectivity index (χ2n) is 7.20. The Morgan fingerprint density at radius 1 is 0.969 bits per heavy atom. The van der Waals surface area contributed by atoms with Crippen molar-refractivity contribution in [2.24, 2.45) is 0 Å². The molecule has 162 valence electrons. The van der Waals surface area contributed by atoms with Crippen LogP contribution in [-0.2, 0) is 6.54 Å². The van der Waals surface area contributed by atoms with E-state index in [1.54, 1.807) is 41.0 Å². The number of hydrogen-bond acceptors (Lipinski definition) is 5. The van der Waals surface area contributed by atoms with Crippen LogP contribution >= 0.6 is 11.6 Å². The molecule has 0 aliphatic carbocycles. The molecule has 7 nitrogen and oxygen atoms in total. The number of aromatic nitrogens is 2. The Morgan fingerprint density at radius 2 is 1.69 bits per heavy atom. The third kappa shape index (κ3) is 4.63. The summed E-state index contributed by atoms with van der Waals surface area (Å²) in [5, 5.41) is 12.3. The highest BCUT2D eigenvalue weighted by Crippen LogP contribution is 2.26. The molecule has 4 rings (SSSR count). The van der Waals surface area contributed by atoms with Gasteiger partial charge in [0.05, 0.1) is 22.4 Å². The van der Waals surface area contributed by atoms with E-state index in [-0.39, 0.29) is 17.0 Å². The molecule has 0 amide bonds. The van der Waals surface area contributed by atoms with Crippen LogP contribution in [0.15, 0.2) is 77.6 Å². The highest BCUT2D eigenvalue weighted by molar-refractivity contribution is 6.30. The molecule has 0 N–H and O–H groups in total. The van der Waals surface area contributed by atoms with E-state index in [2.05, 4.69) is 0 Å². The highest BCUT2D eigenvalue weighted by Gasteiger charge is 2.14. The standard InChI is InChI=1S/C24H20ClN3O4/c25-18-13-11-17(12-14-18)23-26-20-8-2-1-7-19(20)24(29)27(23)15-5-6-16-32-22-10-4-3-9-21(22)28(30)31/h1-4,7-14H,5-6,15-16H2. The number of para-hydroxylation sites is 3. The van der Waals surface area contributed by atoms with Crippen molar-refractivity contribution >= 4 is 28.2 Å². The third-order valence-electron chi connectivity index (χ3n) is 5.06. The highest BCUT2D eigenvalue weighted by atomic mass is 35.5. The fraction of sp³-hybridized carbons (Fsp3) is 0.167. The van der Waals surface area contributed by atoms with E-state index in [0.717, 1.165) is 5.56 Å². The number of benzene rings is 3. The van der Waals surface area contributed by atoms with Crippen LogP contribution in [0.5, 0.6) is 5.75 Å². The maximum atomic E-state index is 13.2. The van der Waals surface area contributed by atoms with E-state index in [9.17, 15) is 14.9 Å². The number of hydrogen-bond donors (Lipinski definition) is 0. The topological polar surface area (TPSA) is 87.3 Å². The van der Waals surface area contributed by atoms with Gasteiger partial charge < -0.3 is 4.74 Å². The molecule has 0 bridgehead atoms. The number of rotatable bonds is 8. The molecule has 32 heavy (non-hydrogen) atoms. The molecule has 0 saturated carbocycles. The quantitative estimate of drug-likeness (QED) is 0.202. The van der Waals surface area contributed by atoms with Crippen molar-refractivity contribution in [3.05, 3.63) is 98.3 Å². The molecular weight excluding hydrogens is 430 g/mol. The monoisotopic (exact) mass is 449 g/mol. The smallest absolute Gasteiger partial charge is 0.310 e. The predicted octanol–water partition coefficient (Wildman–Crippen LogP) is 5.48. The molecule has 8 heteroatoms. The lowest BCUT2D eigenvalue weighted by atomic mass is 10.1. The summed E-state index contributed by atoms with van der Waals surface area (Å²) in [5.74, 6) is 0.814. The lowest BCUT2D eigenvalue weighted by Crippen LogP contribution is -2.24. The fourth-order valence-electron chi connectivity index (χ4n) is 3.48. The summed E-state index contributed by atoms with van der Waals surface area (Å²) in [7, 11) is 0. The first kappa shape index (κ1) is 21.5. The van der Waals surface area contributed by atoms with Gasteiger partial charge in [-0.15, -0.1) is 0 Å².